The number of imidazole rings is 1. The molecule has 2 aromatic rings. The van der Waals surface area contributed by atoms with Crippen molar-refractivity contribution in [3.8, 4) is 6.07 Å². The van der Waals surface area contributed by atoms with Crippen LogP contribution in [-0.2, 0) is 4.79 Å². The molecule has 4 heteroatoms. The monoisotopic (exact) mass is 227 g/mol. The Kier molecular flexibility index (Phi) is 2.92. The van der Waals surface area contributed by atoms with Gasteiger partial charge >= 0.3 is 0 Å². The molecule has 1 N–H and O–H groups in total. The molecule has 0 amide bonds. The lowest BCUT2D eigenvalue weighted by molar-refractivity contribution is -0.122. The number of nitrogens with one attached hydrogen (secondary N) is 1. The van der Waals surface area contributed by atoms with Crippen molar-refractivity contribution in [1.82, 2.24) is 9.97 Å². The van der Waals surface area contributed by atoms with Crippen LogP contribution in [0.15, 0.2) is 24.3 Å². The molecule has 0 fully saturated rings. The van der Waals surface area contributed by atoms with Gasteiger partial charge in [-0.2, -0.15) is 5.26 Å². The lowest BCUT2D eigenvalue weighted by atomic mass is 9.96. The lowest BCUT2D eigenvalue weighted by Crippen LogP contribution is -2.17. The molecule has 1 atom stereocenters. The standard InChI is InChI=1S/C13H13N3O/c1-8(2)12(17)9(7-14)13-15-10-5-3-4-6-11(10)16-13/h3-6,8-9H,1-2H3,(H,15,16)/t9-/m1/s1. The van der Waals surface area contributed by atoms with Gasteiger partial charge in [-0.1, -0.05) is 26.0 Å². The van der Waals surface area contributed by atoms with Gasteiger partial charge < -0.3 is 4.98 Å². The summed E-state index contributed by atoms with van der Waals surface area (Å²) in [4.78, 5) is 19.2. The highest BCUT2D eigenvalue weighted by atomic mass is 16.1. The maximum absolute atomic E-state index is 11.9. The van der Waals surface area contributed by atoms with Gasteiger partial charge in [0.05, 0.1) is 17.1 Å². The molecule has 0 saturated heterocycles. The Morgan fingerprint density at radius 3 is 2.71 bits per heavy atom. The van der Waals surface area contributed by atoms with Crippen molar-refractivity contribution < 1.29 is 4.79 Å². The number of carbonyl (C=O) groups excluding carboxylic acids is 1. The van der Waals surface area contributed by atoms with E-state index < -0.39 is 5.92 Å². The summed E-state index contributed by atoms with van der Waals surface area (Å²) >= 11 is 0. The highest BCUT2D eigenvalue weighted by Gasteiger charge is 2.25. The minimum absolute atomic E-state index is 0.105. The van der Waals surface area contributed by atoms with Crippen LogP contribution in [0.25, 0.3) is 11.0 Å². The van der Waals surface area contributed by atoms with Gasteiger partial charge in [-0.05, 0) is 12.1 Å². The fourth-order valence-corrected chi connectivity index (χ4v) is 1.70. The largest absolute Gasteiger partial charge is 0.340 e. The SMILES string of the molecule is CC(C)C(=O)[C@@H](C#N)c1nc2ccccc2[nH]1. The minimum atomic E-state index is -0.803. The molecule has 1 heterocycles. The second-order valence-corrected chi connectivity index (χ2v) is 4.26. The summed E-state index contributed by atoms with van der Waals surface area (Å²) in [5.41, 5.74) is 1.62. The van der Waals surface area contributed by atoms with Crippen LogP contribution in [0.3, 0.4) is 0 Å². The Labute approximate surface area is 99.3 Å². The van der Waals surface area contributed by atoms with E-state index >= 15 is 0 Å². The number of para-hydroxylation sites is 2. The van der Waals surface area contributed by atoms with E-state index in [9.17, 15) is 4.79 Å². The molecule has 4 nitrogen and oxygen atoms in total. The lowest BCUT2D eigenvalue weighted by Gasteiger charge is -2.07. The number of ketones is 1. The first-order chi connectivity index (χ1) is 8.13. The van der Waals surface area contributed by atoms with Crippen molar-refractivity contribution in [2.45, 2.75) is 19.8 Å². The van der Waals surface area contributed by atoms with Gasteiger partial charge in [0.15, 0.2) is 11.7 Å². The van der Waals surface area contributed by atoms with Crippen molar-refractivity contribution in [3.05, 3.63) is 30.1 Å². The fraction of sp³-hybridized carbons (Fsp3) is 0.308. The van der Waals surface area contributed by atoms with Gasteiger partial charge in [-0.25, -0.2) is 4.98 Å². The molecule has 2 rings (SSSR count). The zero-order chi connectivity index (χ0) is 12.4. The van der Waals surface area contributed by atoms with E-state index in [-0.39, 0.29) is 11.7 Å². The Hall–Kier alpha value is -2.15. The summed E-state index contributed by atoms with van der Waals surface area (Å²) in [6.07, 6.45) is 0. The number of rotatable bonds is 3. The predicted molar refractivity (Wildman–Crippen MR) is 64.3 cm³/mol. The number of aromatic nitrogens is 2. The molecule has 0 aliphatic rings. The third-order valence-electron chi connectivity index (χ3n) is 2.66. The van der Waals surface area contributed by atoms with E-state index in [1.165, 1.54) is 0 Å². The van der Waals surface area contributed by atoms with Crippen LogP contribution in [0.2, 0.25) is 0 Å². The molecular weight excluding hydrogens is 214 g/mol. The number of hydrogen-bond donors (Lipinski definition) is 1. The first kappa shape index (κ1) is 11.3. The molecule has 0 radical (unpaired) electrons. The molecule has 1 aromatic heterocycles. The molecule has 17 heavy (non-hydrogen) atoms. The highest BCUT2D eigenvalue weighted by molar-refractivity contribution is 5.90. The van der Waals surface area contributed by atoms with E-state index in [4.69, 9.17) is 5.26 Å². The van der Waals surface area contributed by atoms with Crippen LogP contribution in [0.4, 0.5) is 0 Å². The van der Waals surface area contributed by atoms with Crippen molar-refractivity contribution in [2.24, 2.45) is 5.92 Å². The molecule has 0 saturated carbocycles. The molecule has 86 valence electrons. The number of benzene rings is 1. The number of aromatic amines is 1. The quantitative estimate of drug-likeness (QED) is 0.875. The Morgan fingerprint density at radius 2 is 2.12 bits per heavy atom. The summed E-state index contributed by atoms with van der Waals surface area (Å²) < 4.78 is 0. The summed E-state index contributed by atoms with van der Waals surface area (Å²) in [6, 6.07) is 9.50. The van der Waals surface area contributed by atoms with Crippen LogP contribution in [0, 0.1) is 17.2 Å². The summed E-state index contributed by atoms with van der Waals surface area (Å²) in [5.74, 6) is -0.644. The van der Waals surface area contributed by atoms with E-state index in [1.54, 1.807) is 13.8 Å². The Bertz CT molecular complexity index is 559. The van der Waals surface area contributed by atoms with Crippen LogP contribution in [0.5, 0.6) is 0 Å². The van der Waals surface area contributed by atoms with Gasteiger partial charge in [0.1, 0.15) is 5.82 Å². The number of nitriles is 1. The summed E-state index contributed by atoms with van der Waals surface area (Å²) in [7, 11) is 0. The number of H-pyrrole nitrogens is 1. The minimum Gasteiger partial charge on any atom is -0.340 e. The van der Waals surface area contributed by atoms with E-state index in [0.29, 0.717) is 5.82 Å². The van der Waals surface area contributed by atoms with Crippen LogP contribution in [-0.4, -0.2) is 15.8 Å². The van der Waals surface area contributed by atoms with Gasteiger partial charge in [-0.15, -0.1) is 0 Å². The van der Waals surface area contributed by atoms with E-state index in [1.807, 2.05) is 30.3 Å². The van der Waals surface area contributed by atoms with Gasteiger partial charge in [0.2, 0.25) is 0 Å². The molecule has 0 aliphatic heterocycles. The number of carbonyl (C=O) groups is 1. The van der Waals surface area contributed by atoms with Crippen LogP contribution < -0.4 is 0 Å². The predicted octanol–water partition coefficient (Wildman–Crippen LogP) is 2.40. The second-order valence-electron chi connectivity index (χ2n) is 4.26. The average Bonchev–Trinajstić information content (AvgIpc) is 2.72. The maximum Gasteiger partial charge on any atom is 0.162 e. The molecular formula is C13H13N3O. The zero-order valence-corrected chi connectivity index (χ0v) is 9.77. The van der Waals surface area contributed by atoms with E-state index in [2.05, 4.69) is 9.97 Å². The van der Waals surface area contributed by atoms with Gasteiger partial charge in [0, 0.05) is 5.92 Å². The van der Waals surface area contributed by atoms with Crippen LogP contribution >= 0.6 is 0 Å². The summed E-state index contributed by atoms with van der Waals surface area (Å²) in [6.45, 7) is 3.57. The molecule has 0 unspecified atom stereocenters. The third kappa shape index (κ3) is 2.04. The average molecular weight is 227 g/mol. The molecule has 0 aliphatic carbocycles. The topological polar surface area (TPSA) is 69.5 Å². The first-order valence-corrected chi connectivity index (χ1v) is 5.51. The first-order valence-electron chi connectivity index (χ1n) is 5.51. The normalized spacial score (nSPS) is 12.6. The van der Waals surface area contributed by atoms with E-state index in [0.717, 1.165) is 11.0 Å². The number of hydrogen-bond acceptors (Lipinski definition) is 3. The molecule has 1 aromatic carbocycles. The molecule has 0 spiro atoms. The van der Waals surface area contributed by atoms with Crippen molar-refractivity contribution >= 4 is 16.8 Å². The van der Waals surface area contributed by atoms with Crippen LogP contribution in [0.1, 0.15) is 25.6 Å². The summed E-state index contributed by atoms with van der Waals surface area (Å²) in [5, 5.41) is 9.09. The Balaban J connectivity index is 2.44. The number of nitrogens with zero attached hydrogens (tertiary/aromatic N) is 2. The smallest absolute Gasteiger partial charge is 0.162 e. The van der Waals surface area contributed by atoms with Gasteiger partial charge in [0.25, 0.3) is 0 Å². The fourth-order valence-electron chi connectivity index (χ4n) is 1.70. The number of Topliss-reactive ketones (excluding diaryl/α,β-unsaturated/α-hetero) is 1. The Morgan fingerprint density at radius 1 is 1.41 bits per heavy atom. The maximum atomic E-state index is 11.9. The van der Waals surface area contributed by atoms with Gasteiger partial charge in [-0.3, -0.25) is 4.79 Å². The highest BCUT2D eigenvalue weighted by Crippen LogP contribution is 2.20. The molecule has 0 bridgehead atoms. The van der Waals surface area contributed by atoms with Crippen molar-refractivity contribution in [1.29, 1.82) is 5.26 Å². The second kappa shape index (κ2) is 4.38. The third-order valence-corrected chi connectivity index (χ3v) is 2.66. The number of fused-ring (bicyclic) bond motifs is 1. The zero-order valence-electron chi connectivity index (χ0n) is 9.77. The van der Waals surface area contributed by atoms with Crippen molar-refractivity contribution in [3.63, 3.8) is 0 Å². The van der Waals surface area contributed by atoms with Crippen molar-refractivity contribution in [2.75, 3.05) is 0 Å².